The fourth-order valence-electron chi connectivity index (χ4n) is 3.45. The van der Waals surface area contributed by atoms with Crippen molar-refractivity contribution in [2.75, 3.05) is 5.32 Å². The number of aryl methyl sites for hydroxylation is 3. The summed E-state index contributed by atoms with van der Waals surface area (Å²) in [4.78, 5) is 22.0. The molecule has 0 spiro atoms. The number of nitrogens with one attached hydrogen (secondary N) is 2. The third kappa shape index (κ3) is 3.41. The first-order chi connectivity index (χ1) is 13.5. The van der Waals surface area contributed by atoms with Crippen molar-refractivity contribution >= 4 is 11.5 Å². The summed E-state index contributed by atoms with van der Waals surface area (Å²) in [6.07, 6.45) is 0.552. The summed E-state index contributed by atoms with van der Waals surface area (Å²) in [6, 6.07) is 16.1. The fraction of sp³-hybridized carbons (Fsp3) is 0.227. The first kappa shape index (κ1) is 18.0. The molecule has 2 heterocycles. The molecule has 2 N–H and O–H groups in total. The van der Waals surface area contributed by atoms with Crippen LogP contribution in [0.3, 0.4) is 0 Å². The molecule has 6 nitrogen and oxygen atoms in total. The van der Waals surface area contributed by atoms with Gasteiger partial charge in [0.2, 0.25) is 0 Å². The van der Waals surface area contributed by atoms with Gasteiger partial charge >= 0.3 is 0 Å². The number of fused-ring (bicyclic) bond motifs is 1. The van der Waals surface area contributed by atoms with Gasteiger partial charge in [0.05, 0.1) is 12.2 Å². The smallest absolute Gasteiger partial charge is 0.277 e. The van der Waals surface area contributed by atoms with Crippen LogP contribution in [0.5, 0.6) is 0 Å². The Morgan fingerprint density at radius 2 is 1.68 bits per heavy atom. The Hall–Kier alpha value is -3.41. The van der Waals surface area contributed by atoms with E-state index in [1.165, 1.54) is 15.6 Å². The SMILES string of the molecule is Cc1cccc(C)c1NCc1nc2nc(C)c(Cc3ccccc3)c(=O)n2[nH]1. The molecule has 4 rings (SSSR count). The Kier molecular flexibility index (Phi) is 4.69. The van der Waals surface area contributed by atoms with Gasteiger partial charge in [-0.2, -0.15) is 9.50 Å². The maximum Gasteiger partial charge on any atom is 0.277 e. The molecule has 0 aliphatic carbocycles. The summed E-state index contributed by atoms with van der Waals surface area (Å²) in [7, 11) is 0. The summed E-state index contributed by atoms with van der Waals surface area (Å²) in [5, 5.41) is 6.50. The number of aromatic amines is 1. The van der Waals surface area contributed by atoms with Crippen LogP contribution in [0.25, 0.3) is 5.78 Å². The van der Waals surface area contributed by atoms with Gasteiger partial charge in [0.15, 0.2) is 0 Å². The zero-order valence-corrected chi connectivity index (χ0v) is 16.3. The van der Waals surface area contributed by atoms with Gasteiger partial charge in [0.1, 0.15) is 5.82 Å². The highest BCUT2D eigenvalue weighted by Crippen LogP contribution is 2.20. The van der Waals surface area contributed by atoms with E-state index in [2.05, 4.69) is 46.4 Å². The highest BCUT2D eigenvalue weighted by atomic mass is 16.1. The minimum absolute atomic E-state index is 0.0998. The van der Waals surface area contributed by atoms with E-state index in [1.807, 2.05) is 43.3 Å². The lowest BCUT2D eigenvalue weighted by atomic mass is 10.1. The highest BCUT2D eigenvalue weighted by molar-refractivity contribution is 5.56. The molecule has 0 aliphatic heterocycles. The zero-order chi connectivity index (χ0) is 19.7. The molecule has 0 radical (unpaired) electrons. The lowest BCUT2D eigenvalue weighted by Gasteiger charge is -2.10. The molecule has 28 heavy (non-hydrogen) atoms. The molecule has 0 fully saturated rings. The Labute approximate surface area is 163 Å². The fourth-order valence-corrected chi connectivity index (χ4v) is 3.45. The maximum atomic E-state index is 13.0. The number of rotatable bonds is 5. The van der Waals surface area contributed by atoms with Crippen LogP contribution in [0.15, 0.2) is 53.3 Å². The van der Waals surface area contributed by atoms with Crippen LogP contribution in [-0.2, 0) is 13.0 Å². The van der Waals surface area contributed by atoms with Crippen LogP contribution in [0, 0.1) is 20.8 Å². The molecule has 0 amide bonds. The number of H-pyrrole nitrogens is 1. The van der Waals surface area contributed by atoms with E-state index in [9.17, 15) is 4.79 Å². The van der Waals surface area contributed by atoms with Crippen LogP contribution in [-0.4, -0.2) is 19.6 Å². The summed E-state index contributed by atoms with van der Waals surface area (Å²) in [5.41, 5.74) is 5.82. The van der Waals surface area contributed by atoms with Crippen molar-refractivity contribution in [1.29, 1.82) is 0 Å². The molecule has 0 atom stereocenters. The predicted octanol–water partition coefficient (Wildman–Crippen LogP) is 3.55. The summed E-state index contributed by atoms with van der Waals surface area (Å²) < 4.78 is 1.44. The maximum absolute atomic E-state index is 13.0. The average molecular weight is 373 g/mol. The highest BCUT2D eigenvalue weighted by Gasteiger charge is 2.14. The van der Waals surface area contributed by atoms with Crippen molar-refractivity contribution in [3.05, 3.63) is 92.7 Å². The second kappa shape index (κ2) is 7.31. The van der Waals surface area contributed by atoms with Crippen LogP contribution in [0.2, 0.25) is 0 Å². The van der Waals surface area contributed by atoms with E-state index in [0.29, 0.717) is 30.1 Å². The number of anilines is 1. The molecule has 6 heteroatoms. The Morgan fingerprint density at radius 3 is 2.39 bits per heavy atom. The first-order valence-electron chi connectivity index (χ1n) is 9.34. The number of para-hydroxylation sites is 1. The molecule has 4 aromatic rings. The van der Waals surface area contributed by atoms with Crippen LogP contribution in [0.4, 0.5) is 5.69 Å². The van der Waals surface area contributed by atoms with Gasteiger partial charge in [-0.1, -0.05) is 48.5 Å². The number of hydrogen-bond acceptors (Lipinski definition) is 4. The monoisotopic (exact) mass is 373 g/mol. The summed E-state index contributed by atoms with van der Waals surface area (Å²) in [5.74, 6) is 1.07. The summed E-state index contributed by atoms with van der Waals surface area (Å²) >= 11 is 0. The average Bonchev–Trinajstić information content (AvgIpc) is 3.08. The largest absolute Gasteiger partial charge is 0.377 e. The second-order valence-corrected chi connectivity index (χ2v) is 7.07. The van der Waals surface area contributed by atoms with Crippen molar-refractivity contribution in [2.24, 2.45) is 0 Å². The Bertz CT molecular complexity index is 1170. The van der Waals surface area contributed by atoms with Gasteiger partial charge in [-0.3, -0.25) is 9.89 Å². The molecule has 0 saturated carbocycles. The number of benzene rings is 2. The van der Waals surface area contributed by atoms with Crippen LogP contribution in [0.1, 0.15) is 33.8 Å². The molecule has 142 valence electrons. The van der Waals surface area contributed by atoms with Gasteiger partial charge < -0.3 is 5.32 Å². The number of nitrogens with zero attached hydrogens (tertiary/aromatic N) is 3. The van der Waals surface area contributed by atoms with Gasteiger partial charge in [0.25, 0.3) is 11.3 Å². The lowest BCUT2D eigenvalue weighted by Crippen LogP contribution is -2.22. The standard InChI is InChI=1S/C22H23N5O/c1-14-8-7-9-15(2)20(14)23-13-19-25-22-24-16(3)18(21(28)27(22)26-19)12-17-10-5-4-6-11-17/h4-11,23H,12-13H2,1-3H3,(H,24,25,26). The minimum Gasteiger partial charge on any atom is -0.377 e. The normalized spacial score (nSPS) is 11.1. The summed E-state index contributed by atoms with van der Waals surface area (Å²) in [6.45, 7) is 6.49. The quantitative estimate of drug-likeness (QED) is 0.561. The van der Waals surface area contributed by atoms with Crippen molar-refractivity contribution in [3.8, 4) is 0 Å². The Morgan fingerprint density at radius 1 is 0.964 bits per heavy atom. The van der Waals surface area contributed by atoms with E-state index in [-0.39, 0.29) is 5.56 Å². The third-order valence-electron chi connectivity index (χ3n) is 4.98. The molecule has 2 aromatic carbocycles. The molecule has 2 aromatic heterocycles. The van der Waals surface area contributed by atoms with Crippen molar-refractivity contribution < 1.29 is 0 Å². The molecule has 0 aliphatic rings. The second-order valence-electron chi connectivity index (χ2n) is 7.07. The number of hydrogen-bond donors (Lipinski definition) is 2. The van der Waals surface area contributed by atoms with Gasteiger partial charge in [-0.05, 0) is 37.5 Å². The van der Waals surface area contributed by atoms with E-state index in [4.69, 9.17) is 0 Å². The Balaban J connectivity index is 1.64. The van der Waals surface area contributed by atoms with E-state index < -0.39 is 0 Å². The van der Waals surface area contributed by atoms with E-state index in [0.717, 1.165) is 16.9 Å². The zero-order valence-electron chi connectivity index (χ0n) is 16.3. The van der Waals surface area contributed by atoms with Gasteiger partial charge in [0, 0.05) is 17.7 Å². The van der Waals surface area contributed by atoms with E-state index >= 15 is 0 Å². The molecule has 0 unspecified atom stereocenters. The van der Waals surface area contributed by atoms with Gasteiger partial charge in [-0.25, -0.2) is 4.98 Å². The molecular formula is C22H23N5O. The van der Waals surface area contributed by atoms with Gasteiger partial charge in [-0.15, -0.1) is 0 Å². The lowest BCUT2D eigenvalue weighted by molar-refractivity contribution is 0.832. The predicted molar refractivity (Wildman–Crippen MR) is 111 cm³/mol. The van der Waals surface area contributed by atoms with Crippen LogP contribution < -0.4 is 10.9 Å². The minimum atomic E-state index is -0.0998. The van der Waals surface area contributed by atoms with E-state index in [1.54, 1.807) is 0 Å². The third-order valence-corrected chi connectivity index (χ3v) is 4.98. The van der Waals surface area contributed by atoms with Crippen molar-refractivity contribution in [3.63, 3.8) is 0 Å². The van der Waals surface area contributed by atoms with Crippen LogP contribution >= 0.6 is 0 Å². The molecule has 0 bridgehead atoms. The first-order valence-corrected chi connectivity index (χ1v) is 9.34. The van der Waals surface area contributed by atoms with Crippen molar-refractivity contribution in [1.82, 2.24) is 19.6 Å². The topological polar surface area (TPSA) is 75.1 Å². The number of aromatic nitrogens is 4. The van der Waals surface area contributed by atoms with Crippen molar-refractivity contribution in [2.45, 2.75) is 33.7 Å². The molecule has 0 saturated heterocycles. The molecular weight excluding hydrogens is 350 g/mol.